The molecule has 76 valence electrons. The number of hydrogen-bond donors (Lipinski definition) is 3. The van der Waals surface area contributed by atoms with Crippen molar-refractivity contribution >= 4 is 5.91 Å². The number of rotatable bonds is 5. The molecule has 0 heterocycles. The first-order valence-electron chi connectivity index (χ1n) is 4.69. The highest BCUT2D eigenvalue weighted by Gasteiger charge is 2.24. The lowest BCUT2D eigenvalue weighted by Crippen LogP contribution is -2.47. The molecular weight excluding hydrogens is 168 g/mol. The van der Waals surface area contributed by atoms with Crippen LogP contribution in [0.2, 0.25) is 0 Å². The van der Waals surface area contributed by atoms with Gasteiger partial charge in [0.25, 0.3) is 0 Å². The summed E-state index contributed by atoms with van der Waals surface area (Å²) in [5, 5.41) is 14.8. The van der Waals surface area contributed by atoms with Gasteiger partial charge < -0.3 is 15.7 Å². The summed E-state index contributed by atoms with van der Waals surface area (Å²) in [5.74, 6) is 0.0176. The molecule has 1 fully saturated rings. The Morgan fingerprint density at radius 1 is 1.54 bits per heavy atom. The van der Waals surface area contributed by atoms with E-state index in [9.17, 15) is 4.79 Å². The first-order chi connectivity index (χ1) is 6.03. The van der Waals surface area contributed by atoms with Gasteiger partial charge >= 0.3 is 0 Å². The van der Waals surface area contributed by atoms with Crippen LogP contribution in [0.3, 0.4) is 0 Å². The lowest BCUT2D eigenvalue weighted by Gasteiger charge is -2.22. The van der Waals surface area contributed by atoms with Gasteiger partial charge in [0.05, 0.1) is 13.2 Å². The third-order valence-electron chi connectivity index (χ3n) is 2.07. The highest BCUT2D eigenvalue weighted by atomic mass is 16.3. The van der Waals surface area contributed by atoms with Crippen molar-refractivity contribution in [1.29, 1.82) is 0 Å². The highest BCUT2D eigenvalue weighted by Crippen LogP contribution is 2.18. The molecule has 4 nitrogen and oxygen atoms in total. The van der Waals surface area contributed by atoms with E-state index >= 15 is 0 Å². The topological polar surface area (TPSA) is 61.4 Å². The van der Waals surface area contributed by atoms with E-state index in [1.54, 1.807) is 0 Å². The van der Waals surface area contributed by atoms with E-state index in [0.717, 1.165) is 12.8 Å². The molecule has 13 heavy (non-hydrogen) atoms. The smallest absolute Gasteiger partial charge is 0.234 e. The Morgan fingerprint density at radius 3 is 2.62 bits per heavy atom. The van der Waals surface area contributed by atoms with Gasteiger partial charge in [0, 0.05) is 11.6 Å². The van der Waals surface area contributed by atoms with Gasteiger partial charge in [0.1, 0.15) is 0 Å². The Hall–Kier alpha value is -0.610. The second-order valence-electron chi connectivity index (χ2n) is 4.24. The van der Waals surface area contributed by atoms with Crippen LogP contribution in [-0.4, -0.2) is 35.7 Å². The number of nitrogens with one attached hydrogen (secondary N) is 2. The fourth-order valence-corrected chi connectivity index (χ4v) is 0.882. The number of aliphatic hydroxyl groups excluding tert-OH is 1. The molecule has 0 radical (unpaired) electrons. The Labute approximate surface area is 78.7 Å². The average molecular weight is 186 g/mol. The zero-order chi connectivity index (χ0) is 9.90. The molecule has 0 aliphatic heterocycles. The molecule has 0 saturated heterocycles. The van der Waals surface area contributed by atoms with Gasteiger partial charge in [-0.3, -0.25) is 4.79 Å². The molecule has 0 aromatic heterocycles. The Balaban J connectivity index is 2.13. The SMILES string of the molecule is CC(C)(CO)NCC(=O)NC1CC1. The molecule has 1 aliphatic carbocycles. The largest absolute Gasteiger partial charge is 0.394 e. The van der Waals surface area contributed by atoms with E-state index in [0.29, 0.717) is 6.04 Å². The van der Waals surface area contributed by atoms with Crippen LogP contribution in [-0.2, 0) is 4.79 Å². The average Bonchev–Trinajstić information content (AvgIpc) is 2.85. The Morgan fingerprint density at radius 2 is 2.15 bits per heavy atom. The minimum absolute atomic E-state index is 0.0176. The first-order valence-corrected chi connectivity index (χ1v) is 4.69. The molecule has 1 amide bonds. The summed E-state index contributed by atoms with van der Waals surface area (Å²) < 4.78 is 0. The van der Waals surface area contributed by atoms with Gasteiger partial charge in [0.2, 0.25) is 5.91 Å². The number of aliphatic hydroxyl groups is 1. The molecule has 0 atom stereocenters. The highest BCUT2D eigenvalue weighted by molar-refractivity contribution is 5.78. The zero-order valence-corrected chi connectivity index (χ0v) is 8.26. The van der Waals surface area contributed by atoms with Crippen LogP contribution < -0.4 is 10.6 Å². The predicted molar refractivity (Wildman–Crippen MR) is 50.3 cm³/mol. The molecule has 4 heteroatoms. The molecule has 0 aromatic rings. The van der Waals surface area contributed by atoms with Crippen molar-refractivity contribution < 1.29 is 9.90 Å². The number of amides is 1. The summed E-state index contributed by atoms with van der Waals surface area (Å²) in [6.45, 7) is 4.03. The van der Waals surface area contributed by atoms with Crippen LogP contribution >= 0.6 is 0 Å². The molecule has 3 N–H and O–H groups in total. The lowest BCUT2D eigenvalue weighted by molar-refractivity contribution is -0.120. The van der Waals surface area contributed by atoms with Crippen LogP contribution in [0.5, 0.6) is 0 Å². The second kappa shape index (κ2) is 4.07. The van der Waals surface area contributed by atoms with E-state index in [2.05, 4.69) is 10.6 Å². The summed E-state index contributed by atoms with van der Waals surface area (Å²) in [6, 6.07) is 0.409. The molecular formula is C9H18N2O2. The molecule has 0 spiro atoms. The molecule has 1 rings (SSSR count). The lowest BCUT2D eigenvalue weighted by atomic mass is 10.1. The minimum atomic E-state index is -0.374. The van der Waals surface area contributed by atoms with Gasteiger partial charge in [-0.1, -0.05) is 0 Å². The number of hydrogen-bond acceptors (Lipinski definition) is 3. The van der Waals surface area contributed by atoms with Crippen LogP contribution in [0.4, 0.5) is 0 Å². The van der Waals surface area contributed by atoms with Gasteiger partial charge in [0.15, 0.2) is 0 Å². The van der Waals surface area contributed by atoms with E-state index in [1.165, 1.54) is 0 Å². The van der Waals surface area contributed by atoms with Crippen molar-refractivity contribution in [3.8, 4) is 0 Å². The van der Waals surface area contributed by atoms with Crippen molar-refractivity contribution in [1.82, 2.24) is 10.6 Å². The monoisotopic (exact) mass is 186 g/mol. The quantitative estimate of drug-likeness (QED) is 0.549. The van der Waals surface area contributed by atoms with Crippen LogP contribution in [0.25, 0.3) is 0 Å². The van der Waals surface area contributed by atoms with E-state index in [-0.39, 0.29) is 24.6 Å². The third kappa shape index (κ3) is 4.24. The summed E-state index contributed by atoms with van der Waals surface area (Å²) in [4.78, 5) is 11.2. The third-order valence-corrected chi connectivity index (χ3v) is 2.07. The van der Waals surface area contributed by atoms with Crippen LogP contribution in [0, 0.1) is 0 Å². The molecule has 0 unspecified atom stereocenters. The van der Waals surface area contributed by atoms with Crippen molar-refractivity contribution in [3.05, 3.63) is 0 Å². The van der Waals surface area contributed by atoms with Gasteiger partial charge in [-0.15, -0.1) is 0 Å². The Bertz CT molecular complexity index is 188. The molecule has 1 aliphatic rings. The Kier molecular flexibility index (Phi) is 3.27. The van der Waals surface area contributed by atoms with Gasteiger partial charge in [-0.05, 0) is 26.7 Å². The van der Waals surface area contributed by atoms with E-state index < -0.39 is 0 Å². The van der Waals surface area contributed by atoms with E-state index in [1.807, 2.05) is 13.8 Å². The number of carbonyl (C=O) groups is 1. The van der Waals surface area contributed by atoms with E-state index in [4.69, 9.17) is 5.11 Å². The van der Waals surface area contributed by atoms with Crippen LogP contribution in [0.15, 0.2) is 0 Å². The van der Waals surface area contributed by atoms with Crippen molar-refractivity contribution in [3.63, 3.8) is 0 Å². The summed E-state index contributed by atoms with van der Waals surface area (Å²) in [5.41, 5.74) is -0.374. The standard InChI is InChI=1S/C9H18N2O2/c1-9(2,6-12)10-5-8(13)11-7-3-4-7/h7,10,12H,3-6H2,1-2H3,(H,11,13). The fraction of sp³-hybridized carbons (Fsp3) is 0.889. The zero-order valence-electron chi connectivity index (χ0n) is 8.26. The minimum Gasteiger partial charge on any atom is -0.394 e. The molecule has 0 aromatic carbocycles. The van der Waals surface area contributed by atoms with Crippen LogP contribution in [0.1, 0.15) is 26.7 Å². The van der Waals surface area contributed by atoms with Crippen molar-refractivity contribution in [2.75, 3.05) is 13.2 Å². The predicted octanol–water partition coefficient (Wildman–Crippen LogP) is -0.374. The van der Waals surface area contributed by atoms with Crippen molar-refractivity contribution in [2.24, 2.45) is 0 Å². The first kappa shape index (κ1) is 10.5. The maximum absolute atomic E-state index is 11.2. The molecule has 0 bridgehead atoms. The summed E-state index contributed by atoms with van der Waals surface area (Å²) in [6.07, 6.45) is 2.21. The molecule has 1 saturated carbocycles. The second-order valence-corrected chi connectivity index (χ2v) is 4.24. The fourth-order valence-electron chi connectivity index (χ4n) is 0.882. The normalized spacial score (nSPS) is 17.2. The van der Waals surface area contributed by atoms with Gasteiger partial charge in [-0.25, -0.2) is 0 Å². The van der Waals surface area contributed by atoms with Crippen molar-refractivity contribution in [2.45, 2.75) is 38.3 Å². The summed E-state index contributed by atoms with van der Waals surface area (Å²) >= 11 is 0. The number of carbonyl (C=O) groups excluding carboxylic acids is 1. The maximum atomic E-state index is 11.2. The summed E-state index contributed by atoms with van der Waals surface area (Å²) in [7, 11) is 0. The van der Waals surface area contributed by atoms with Gasteiger partial charge in [-0.2, -0.15) is 0 Å². The maximum Gasteiger partial charge on any atom is 0.234 e.